The van der Waals surface area contributed by atoms with E-state index >= 15 is 0 Å². The van der Waals surface area contributed by atoms with Crippen LogP contribution >= 0.6 is 11.3 Å². The zero-order chi connectivity index (χ0) is 12.3. The molecule has 0 aromatic carbocycles. The number of hydrogen-bond donors (Lipinski definition) is 3. The second-order valence-electron chi connectivity index (χ2n) is 3.77. The quantitative estimate of drug-likeness (QED) is 0.666. The van der Waals surface area contributed by atoms with Gasteiger partial charge in [0, 0.05) is 11.9 Å². The highest BCUT2D eigenvalue weighted by molar-refractivity contribution is 7.09. The molecule has 0 spiro atoms. The summed E-state index contributed by atoms with van der Waals surface area (Å²) in [6, 6.07) is 0. The Bertz CT molecular complexity index is 413. The van der Waals surface area contributed by atoms with Gasteiger partial charge >= 0.3 is 0 Å². The third-order valence-electron chi connectivity index (χ3n) is 2.00. The predicted octanol–water partition coefficient (Wildman–Crippen LogP) is -0.404. The number of carbonyl (C=O) groups excluding carboxylic acids is 2. The molecule has 0 unspecified atom stereocenters. The van der Waals surface area contributed by atoms with Gasteiger partial charge in [-0.3, -0.25) is 9.59 Å². The molecule has 0 aliphatic heterocycles. The molecule has 0 radical (unpaired) electrons. The molecule has 88 valence electrons. The Morgan fingerprint density at radius 3 is 2.62 bits per heavy atom. The fourth-order valence-electron chi connectivity index (χ4n) is 0.918. The standard InChI is InChI=1S/C9H14N4O2S/c1-9(2,8(11)15)13-7(14)5-4-16-6(3-10)12-5/h4H,3,10H2,1-2H3,(H2,11,15)(H,13,14). The van der Waals surface area contributed by atoms with Gasteiger partial charge < -0.3 is 16.8 Å². The molecule has 7 heteroatoms. The van der Waals surface area contributed by atoms with Gasteiger partial charge in [0.15, 0.2) is 0 Å². The number of thiazole rings is 1. The minimum Gasteiger partial charge on any atom is -0.368 e. The molecule has 2 amide bonds. The summed E-state index contributed by atoms with van der Waals surface area (Å²) in [4.78, 5) is 26.7. The monoisotopic (exact) mass is 242 g/mol. The number of aromatic nitrogens is 1. The van der Waals surface area contributed by atoms with Crippen LogP contribution in [-0.2, 0) is 11.3 Å². The largest absolute Gasteiger partial charge is 0.368 e. The molecule has 0 saturated carbocycles. The van der Waals surface area contributed by atoms with Crippen LogP contribution in [0.3, 0.4) is 0 Å². The SMILES string of the molecule is CC(C)(NC(=O)c1csc(CN)n1)C(N)=O. The van der Waals surface area contributed by atoms with E-state index < -0.39 is 17.4 Å². The number of nitrogens with two attached hydrogens (primary N) is 2. The summed E-state index contributed by atoms with van der Waals surface area (Å²) in [5.41, 5.74) is 9.67. The van der Waals surface area contributed by atoms with Crippen molar-refractivity contribution in [3.05, 3.63) is 16.1 Å². The first-order valence-corrected chi connectivity index (χ1v) is 5.51. The second kappa shape index (κ2) is 4.58. The minimum absolute atomic E-state index is 0.250. The Balaban J connectivity index is 2.76. The van der Waals surface area contributed by atoms with Crippen LogP contribution in [0.2, 0.25) is 0 Å². The van der Waals surface area contributed by atoms with Crippen LogP contribution in [-0.4, -0.2) is 22.3 Å². The van der Waals surface area contributed by atoms with Crippen LogP contribution in [0.25, 0.3) is 0 Å². The molecule has 1 aromatic heterocycles. The summed E-state index contributed by atoms with van der Waals surface area (Å²) in [6.45, 7) is 3.35. The number of hydrogen-bond acceptors (Lipinski definition) is 5. The lowest BCUT2D eigenvalue weighted by Gasteiger charge is -2.21. The Morgan fingerprint density at radius 2 is 2.19 bits per heavy atom. The van der Waals surface area contributed by atoms with Crippen molar-refractivity contribution in [1.82, 2.24) is 10.3 Å². The Kier molecular flexibility index (Phi) is 3.61. The highest BCUT2D eigenvalue weighted by Gasteiger charge is 2.28. The molecule has 0 saturated heterocycles. The van der Waals surface area contributed by atoms with Gasteiger partial charge in [0.25, 0.3) is 5.91 Å². The van der Waals surface area contributed by atoms with E-state index in [2.05, 4.69) is 10.3 Å². The number of primary amides is 1. The van der Waals surface area contributed by atoms with E-state index in [0.717, 1.165) is 0 Å². The minimum atomic E-state index is -1.09. The van der Waals surface area contributed by atoms with Gasteiger partial charge in [0.1, 0.15) is 16.2 Å². The molecule has 1 rings (SSSR count). The topological polar surface area (TPSA) is 111 Å². The highest BCUT2D eigenvalue weighted by atomic mass is 32.1. The lowest BCUT2D eigenvalue weighted by Crippen LogP contribution is -2.53. The first-order valence-electron chi connectivity index (χ1n) is 4.63. The molecule has 0 aliphatic rings. The van der Waals surface area contributed by atoms with Crippen LogP contribution in [0.15, 0.2) is 5.38 Å². The number of nitrogens with zero attached hydrogens (tertiary/aromatic N) is 1. The Labute approximate surface area is 97.0 Å². The molecule has 1 heterocycles. The van der Waals surface area contributed by atoms with Crippen LogP contribution in [0.5, 0.6) is 0 Å². The summed E-state index contributed by atoms with van der Waals surface area (Å²) in [5.74, 6) is -1.03. The predicted molar refractivity (Wildman–Crippen MR) is 60.7 cm³/mol. The number of amides is 2. The van der Waals surface area contributed by atoms with E-state index in [9.17, 15) is 9.59 Å². The van der Waals surface area contributed by atoms with Gasteiger partial charge in [0.2, 0.25) is 5.91 Å². The second-order valence-corrected chi connectivity index (χ2v) is 4.72. The molecule has 0 atom stereocenters. The van der Waals surface area contributed by atoms with Crippen molar-refractivity contribution in [3.8, 4) is 0 Å². The maximum atomic E-state index is 11.7. The van der Waals surface area contributed by atoms with E-state index in [-0.39, 0.29) is 12.2 Å². The van der Waals surface area contributed by atoms with Gasteiger partial charge in [-0.2, -0.15) is 0 Å². The molecular formula is C9H14N4O2S. The van der Waals surface area contributed by atoms with Gasteiger partial charge in [0.05, 0.1) is 0 Å². The molecule has 1 aromatic rings. The van der Waals surface area contributed by atoms with Gasteiger partial charge in [-0.15, -0.1) is 11.3 Å². The van der Waals surface area contributed by atoms with Crippen molar-refractivity contribution in [2.75, 3.05) is 0 Å². The van der Waals surface area contributed by atoms with E-state index in [1.807, 2.05) is 0 Å². The summed E-state index contributed by atoms with van der Waals surface area (Å²) in [7, 11) is 0. The fraction of sp³-hybridized carbons (Fsp3) is 0.444. The molecule has 16 heavy (non-hydrogen) atoms. The number of nitrogens with one attached hydrogen (secondary N) is 1. The molecule has 5 N–H and O–H groups in total. The molecule has 0 bridgehead atoms. The molecule has 0 fully saturated rings. The maximum absolute atomic E-state index is 11.7. The van der Waals surface area contributed by atoms with E-state index in [4.69, 9.17) is 11.5 Å². The number of carbonyl (C=O) groups is 2. The molecule has 0 aliphatic carbocycles. The van der Waals surface area contributed by atoms with Crippen molar-refractivity contribution < 1.29 is 9.59 Å². The van der Waals surface area contributed by atoms with Gasteiger partial charge in [-0.1, -0.05) is 0 Å². The summed E-state index contributed by atoms with van der Waals surface area (Å²) < 4.78 is 0. The third kappa shape index (κ3) is 2.77. The lowest BCUT2D eigenvalue weighted by atomic mass is 10.1. The zero-order valence-corrected chi connectivity index (χ0v) is 9.93. The third-order valence-corrected chi connectivity index (χ3v) is 2.87. The van der Waals surface area contributed by atoms with Crippen molar-refractivity contribution in [2.45, 2.75) is 25.9 Å². The van der Waals surface area contributed by atoms with Gasteiger partial charge in [-0.05, 0) is 13.8 Å². The van der Waals surface area contributed by atoms with Crippen LogP contribution in [0.4, 0.5) is 0 Å². The van der Waals surface area contributed by atoms with Gasteiger partial charge in [-0.25, -0.2) is 4.98 Å². The van der Waals surface area contributed by atoms with Crippen LogP contribution < -0.4 is 16.8 Å². The maximum Gasteiger partial charge on any atom is 0.271 e. The van der Waals surface area contributed by atoms with E-state index in [1.165, 1.54) is 25.2 Å². The fourth-order valence-corrected chi connectivity index (χ4v) is 1.57. The summed E-state index contributed by atoms with van der Waals surface area (Å²) in [5, 5.41) is 4.76. The van der Waals surface area contributed by atoms with Crippen molar-refractivity contribution in [3.63, 3.8) is 0 Å². The number of rotatable bonds is 4. The van der Waals surface area contributed by atoms with E-state index in [1.54, 1.807) is 5.38 Å². The Hall–Kier alpha value is -1.47. The zero-order valence-electron chi connectivity index (χ0n) is 9.11. The van der Waals surface area contributed by atoms with Crippen molar-refractivity contribution in [1.29, 1.82) is 0 Å². The summed E-state index contributed by atoms with van der Waals surface area (Å²) >= 11 is 1.30. The average molecular weight is 242 g/mol. The average Bonchev–Trinajstić information content (AvgIpc) is 2.64. The molecule has 6 nitrogen and oxygen atoms in total. The smallest absolute Gasteiger partial charge is 0.271 e. The first-order chi connectivity index (χ1) is 7.36. The van der Waals surface area contributed by atoms with Crippen LogP contribution in [0.1, 0.15) is 29.3 Å². The normalized spacial score (nSPS) is 11.2. The Morgan fingerprint density at radius 1 is 1.56 bits per heavy atom. The van der Waals surface area contributed by atoms with E-state index in [0.29, 0.717) is 5.01 Å². The highest BCUT2D eigenvalue weighted by Crippen LogP contribution is 2.10. The van der Waals surface area contributed by atoms with Crippen LogP contribution in [0, 0.1) is 0 Å². The summed E-state index contributed by atoms with van der Waals surface area (Å²) in [6.07, 6.45) is 0. The molecular weight excluding hydrogens is 228 g/mol. The lowest BCUT2D eigenvalue weighted by molar-refractivity contribution is -0.122. The van der Waals surface area contributed by atoms with Crippen molar-refractivity contribution >= 4 is 23.2 Å². The first kappa shape index (κ1) is 12.6. The van der Waals surface area contributed by atoms with Crippen molar-refractivity contribution in [2.24, 2.45) is 11.5 Å².